The lowest BCUT2D eigenvalue weighted by atomic mass is 10.1. The van der Waals surface area contributed by atoms with E-state index in [2.05, 4.69) is 15.4 Å². The Hall–Kier alpha value is -3.11. The first-order valence-corrected chi connectivity index (χ1v) is 13.0. The van der Waals surface area contributed by atoms with Crippen molar-refractivity contribution in [3.8, 4) is 5.75 Å². The number of benzene rings is 2. The third-order valence-corrected chi connectivity index (χ3v) is 6.39. The van der Waals surface area contributed by atoms with E-state index in [4.69, 9.17) is 4.74 Å². The van der Waals surface area contributed by atoms with Crippen LogP contribution in [0.15, 0.2) is 54.6 Å². The maximum absolute atomic E-state index is 12.4. The number of piperidine rings is 1. The van der Waals surface area contributed by atoms with Gasteiger partial charge in [0.15, 0.2) is 0 Å². The number of hydrogen-bond donors (Lipinski definition) is 3. The van der Waals surface area contributed by atoms with Gasteiger partial charge in [-0.3, -0.25) is 19.2 Å². The molecule has 2 aromatic rings. The number of carbonyl (C=O) groups excluding carboxylic acids is 2. The molecule has 1 aliphatic heterocycles. The highest BCUT2D eigenvalue weighted by Crippen LogP contribution is 2.18. The summed E-state index contributed by atoms with van der Waals surface area (Å²) in [6.45, 7) is 5.37. The summed E-state index contributed by atoms with van der Waals surface area (Å²) in [7, 11) is -3.84. The first-order valence-electron chi connectivity index (χ1n) is 11.3. The summed E-state index contributed by atoms with van der Waals surface area (Å²) in [4.78, 5) is 26.6. The number of rotatable bonds is 10. The summed E-state index contributed by atoms with van der Waals surface area (Å²) in [5, 5.41) is 5.66. The van der Waals surface area contributed by atoms with E-state index in [1.807, 2.05) is 49.1 Å². The van der Waals surface area contributed by atoms with Crippen molar-refractivity contribution in [1.29, 1.82) is 0 Å². The molecule has 0 radical (unpaired) electrons. The number of ether oxygens (including phenoxy) is 1. The highest BCUT2D eigenvalue weighted by molar-refractivity contribution is 7.93. The van der Waals surface area contributed by atoms with Crippen molar-refractivity contribution in [2.45, 2.75) is 38.8 Å². The van der Waals surface area contributed by atoms with Crippen LogP contribution in [0.2, 0.25) is 0 Å². The highest BCUT2D eigenvalue weighted by Gasteiger charge is 2.24. The molecule has 0 spiro atoms. The number of sulfonamides is 1. The summed E-state index contributed by atoms with van der Waals surface area (Å²) < 4.78 is 32.7. The number of nitrogens with one attached hydrogen (secondary N) is 3. The fourth-order valence-corrected chi connectivity index (χ4v) is 4.69. The molecule has 0 unspecified atom stereocenters. The minimum absolute atomic E-state index is 0.0181. The average Bonchev–Trinajstić information content (AvgIpc) is 2.76. The van der Waals surface area contributed by atoms with E-state index in [1.165, 1.54) is 0 Å². The van der Waals surface area contributed by atoms with Crippen LogP contribution in [0.5, 0.6) is 5.75 Å². The maximum Gasteiger partial charge on any atom is 0.241 e. The Balaban J connectivity index is 1.39. The molecule has 1 aliphatic rings. The topological polar surface area (TPSA) is 117 Å². The zero-order valence-corrected chi connectivity index (χ0v) is 20.3. The van der Waals surface area contributed by atoms with E-state index in [-0.39, 0.29) is 24.6 Å². The smallest absolute Gasteiger partial charge is 0.241 e. The second-order valence-corrected chi connectivity index (χ2v) is 10.3. The van der Waals surface area contributed by atoms with Gasteiger partial charge in [-0.1, -0.05) is 18.2 Å². The van der Waals surface area contributed by atoms with Gasteiger partial charge in [0.05, 0.1) is 12.6 Å². The van der Waals surface area contributed by atoms with Crippen molar-refractivity contribution in [2.75, 3.05) is 35.4 Å². The Bertz CT molecular complexity index is 1050. The molecule has 1 fully saturated rings. The number of amides is 2. The summed E-state index contributed by atoms with van der Waals surface area (Å²) in [6, 6.07) is 15.7. The number of anilines is 2. The minimum atomic E-state index is -3.84. The van der Waals surface area contributed by atoms with Crippen molar-refractivity contribution >= 4 is 33.2 Å². The Morgan fingerprint density at radius 1 is 0.971 bits per heavy atom. The molecule has 2 aromatic carbocycles. The second-order valence-electron chi connectivity index (χ2n) is 8.58. The van der Waals surface area contributed by atoms with Gasteiger partial charge in [-0.15, -0.1) is 0 Å². The zero-order valence-electron chi connectivity index (χ0n) is 19.5. The molecular weight excluding hydrogens is 456 g/mol. The zero-order chi connectivity index (χ0) is 24.6. The molecule has 3 N–H and O–H groups in total. The first-order chi connectivity index (χ1) is 16.2. The number of hydrogen-bond acceptors (Lipinski definition) is 6. The molecule has 1 saturated heterocycles. The molecule has 184 valence electrons. The molecular formula is C24H32N4O5S. The van der Waals surface area contributed by atoms with Gasteiger partial charge in [0, 0.05) is 30.5 Å². The van der Waals surface area contributed by atoms with Crippen molar-refractivity contribution in [1.82, 2.24) is 10.2 Å². The number of nitrogens with zero attached hydrogens (tertiary/aromatic N) is 1. The summed E-state index contributed by atoms with van der Waals surface area (Å²) in [5.41, 5.74) is 1.12. The van der Waals surface area contributed by atoms with Gasteiger partial charge in [-0.05, 0) is 63.1 Å². The molecule has 9 nitrogen and oxygen atoms in total. The second kappa shape index (κ2) is 11.8. The molecule has 0 atom stereocenters. The van der Waals surface area contributed by atoms with Gasteiger partial charge in [-0.2, -0.15) is 0 Å². The molecule has 0 aromatic heterocycles. The molecule has 0 saturated carbocycles. The predicted molar refractivity (Wildman–Crippen MR) is 132 cm³/mol. The van der Waals surface area contributed by atoms with Crippen LogP contribution >= 0.6 is 0 Å². The van der Waals surface area contributed by atoms with Gasteiger partial charge >= 0.3 is 0 Å². The Morgan fingerprint density at radius 2 is 1.62 bits per heavy atom. The lowest BCUT2D eigenvalue weighted by molar-refractivity contribution is -0.120. The average molecular weight is 489 g/mol. The van der Waals surface area contributed by atoms with Gasteiger partial charge in [0.25, 0.3) is 0 Å². The van der Waals surface area contributed by atoms with E-state index < -0.39 is 21.7 Å². The van der Waals surface area contributed by atoms with E-state index >= 15 is 0 Å². The lowest BCUT2D eigenvalue weighted by Crippen LogP contribution is -2.47. The molecule has 1 heterocycles. The largest absolute Gasteiger partial charge is 0.491 e. The van der Waals surface area contributed by atoms with Crippen molar-refractivity contribution < 1.29 is 22.7 Å². The predicted octanol–water partition coefficient (Wildman–Crippen LogP) is 2.43. The Kier molecular flexibility index (Phi) is 8.89. The van der Waals surface area contributed by atoms with Gasteiger partial charge in [0.2, 0.25) is 21.8 Å². The molecule has 3 rings (SSSR count). The van der Waals surface area contributed by atoms with Crippen LogP contribution in [0.1, 0.15) is 26.7 Å². The highest BCUT2D eigenvalue weighted by atomic mass is 32.2. The van der Waals surface area contributed by atoms with Gasteiger partial charge in [0.1, 0.15) is 11.5 Å². The fraction of sp³-hybridized carbons (Fsp3) is 0.417. The van der Waals surface area contributed by atoms with Crippen LogP contribution in [0.3, 0.4) is 0 Å². The quantitative estimate of drug-likeness (QED) is 0.473. The van der Waals surface area contributed by atoms with Gasteiger partial charge in [-0.25, -0.2) is 8.42 Å². The summed E-state index contributed by atoms with van der Waals surface area (Å²) >= 11 is 0. The van der Waals surface area contributed by atoms with Crippen molar-refractivity contribution in [3.05, 3.63) is 54.6 Å². The van der Waals surface area contributed by atoms with Crippen molar-refractivity contribution in [3.63, 3.8) is 0 Å². The normalized spacial score (nSPS) is 15.0. The van der Waals surface area contributed by atoms with Gasteiger partial charge < -0.3 is 15.4 Å². The Morgan fingerprint density at radius 3 is 2.24 bits per heavy atom. The van der Waals surface area contributed by atoms with E-state index in [9.17, 15) is 18.0 Å². The molecule has 34 heavy (non-hydrogen) atoms. The first kappa shape index (κ1) is 25.5. The van der Waals surface area contributed by atoms with E-state index in [1.54, 1.807) is 24.3 Å². The number of likely N-dealkylation sites (tertiary alicyclic amines) is 1. The fourth-order valence-electron chi connectivity index (χ4n) is 3.69. The molecule has 2 amide bonds. The van der Waals surface area contributed by atoms with Crippen LogP contribution in [0.4, 0.5) is 11.4 Å². The van der Waals surface area contributed by atoms with E-state index in [0.29, 0.717) is 37.4 Å². The third-order valence-electron chi connectivity index (χ3n) is 5.20. The van der Waals surface area contributed by atoms with Crippen molar-refractivity contribution in [2.24, 2.45) is 0 Å². The lowest BCUT2D eigenvalue weighted by Gasteiger charge is -2.31. The Labute approximate surface area is 200 Å². The van der Waals surface area contributed by atoms with E-state index in [0.717, 1.165) is 5.69 Å². The third kappa shape index (κ3) is 8.68. The van der Waals surface area contributed by atoms with Crippen LogP contribution in [-0.2, 0) is 19.6 Å². The minimum Gasteiger partial charge on any atom is -0.491 e. The number of para-hydroxylation sites is 1. The summed E-state index contributed by atoms with van der Waals surface area (Å²) in [6.07, 6.45) is 1.31. The van der Waals surface area contributed by atoms with Crippen LogP contribution < -0.4 is 20.1 Å². The molecule has 0 aliphatic carbocycles. The standard InChI is InChI=1S/C24H32N4O5S/c1-18(2)33-22-10-8-21(9-11-22)27-34(31,32)17-24(30)26-20-12-14-28(15-13-20)16-23(29)25-19-6-4-3-5-7-19/h3-11,18,20,27H,12-17H2,1-2H3,(H,25,29)(H,26,30). The van der Waals surface area contributed by atoms with Crippen LogP contribution in [0, 0.1) is 0 Å². The maximum atomic E-state index is 12.4. The van der Waals surface area contributed by atoms with Crippen LogP contribution in [-0.4, -0.2) is 62.7 Å². The van der Waals surface area contributed by atoms with Crippen LogP contribution in [0.25, 0.3) is 0 Å². The monoisotopic (exact) mass is 488 g/mol. The SMILES string of the molecule is CC(C)Oc1ccc(NS(=O)(=O)CC(=O)NC2CCN(CC(=O)Nc3ccccc3)CC2)cc1. The summed E-state index contributed by atoms with van der Waals surface area (Å²) in [5.74, 6) is -0.654. The molecule has 0 bridgehead atoms. The molecule has 10 heteroatoms. The number of carbonyl (C=O) groups is 2.